The number of urea groups is 2. The number of amides is 5. The van der Waals surface area contributed by atoms with Gasteiger partial charge in [-0.25, -0.2) is 14.5 Å². The summed E-state index contributed by atoms with van der Waals surface area (Å²) >= 11 is 0. The molecule has 0 saturated carbocycles. The van der Waals surface area contributed by atoms with Crippen LogP contribution in [0.25, 0.3) is 0 Å². The van der Waals surface area contributed by atoms with Crippen molar-refractivity contribution in [3.05, 3.63) is 64.2 Å². The van der Waals surface area contributed by atoms with Gasteiger partial charge < -0.3 is 15.1 Å². The molecular formula is C21H16F3N5O5. The van der Waals surface area contributed by atoms with E-state index in [1.807, 2.05) is 0 Å². The number of imide groups is 1. The summed E-state index contributed by atoms with van der Waals surface area (Å²) in [7, 11) is 0. The Balaban J connectivity index is 1.37. The van der Waals surface area contributed by atoms with E-state index in [0.717, 1.165) is 23.1 Å². The zero-order valence-corrected chi connectivity index (χ0v) is 17.2. The largest absolute Gasteiger partial charge is 0.416 e. The lowest BCUT2D eigenvalue weighted by Crippen LogP contribution is -2.55. The van der Waals surface area contributed by atoms with Crippen molar-refractivity contribution in [2.45, 2.75) is 30.7 Å². The van der Waals surface area contributed by atoms with E-state index in [-0.39, 0.29) is 23.6 Å². The van der Waals surface area contributed by atoms with Crippen LogP contribution in [0.4, 0.5) is 39.8 Å². The molecule has 2 aromatic carbocycles. The molecule has 3 fully saturated rings. The molecule has 2 bridgehead atoms. The third-order valence-corrected chi connectivity index (χ3v) is 6.27. The van der Waals surface area contributed by atoms with E-state index in [2.05, 4.69) is 5.32 Å². The second kappa shape index (κ2) is 7.43. The summed E-state index contributed by atoms with van der Waals surface area (Å²) < 4.78 is 39.3. The fraction of sp³-hybridized carbons (Fsp3) is 0.286. The molecule has 1 N–H and O–H groups in total. The number of likely N-dealkylation sites (tertiary alicyclic amines) is 1. The van der Waals surface area contributed by atoms with Crippen LogP contribution in [0, 0.1) is 10.1 Å². The highest BCUT2D eigenvalue weighted by atomic mass is 19.4. The van der Waals surface area contributed by atoms with Crippen LogP contribution in [0.2, 0.25) is 0 Å². The van der Waals surface area contributed by atoms with Crippen LogP contribution in [0.5, 0.6) is 0 Å². The predicted molar refractivity (Wildman–Crippen MR) is 111 cm³/mol. The SMILES string of the molecule is O=C1[C@H]2[C@@H]3C[C@@H](CN3C(=O)Nc3cccc([N+](=O)[O-])c3)N2C(=O)N1c1cccc(C(F)(F)F)c1. The Kier molecular flexibility index (Phi) is 4.74. The van der Waals surface area contributed by atoms with Gasteiger partial charge >= 0.3 is 18.2 Å². The number of carbonyl (C=O) groups excluding carboxylic acids is 3. The van der Waals surface area contributed by atoms with Crippen molar-refractivity contribution in [2.75, 3.05) is 16.8 Å². The van der Waals surface area contributed by atoms with E-state index in [4.69, 9.17) is 0 Å². The molecule has 3 atom stereocenters. The Morgan fingerprint density at radius 2 is 1.85 bits per heavy atom. The van der Waals surface area contributed by atoms with Gasteiger partial charge in [-0.1, -0.05) is 12.1 Å². The molecular weight excluding hydrogens is 459 g/mol. The second-order valence-electron chi connectivity index (χ2n) is 8.20. The van der Waals surface area contributed by atoms with Crippen LogP contribution in [-0.2, 0) is 11.0 Å². The molecule has 2 aromatic rings. The second-order valence-corrected chi connectivity index (χ2v) is 8.20. The van der Waals surface area contributed by atoms with Crippen molar-refractivity contribution in [3.63, 3.8) is 0 Å². The lowest BCUT2D eigenvalue weighted by molar-refractivity contribution is -0.384. The molecule has 176 valence electrons. The molecule has 0 unspecified atom stereocenters. The molecule has 3 aliphatic heterocycles. The molecule has 13 heteroatoms. The molecule has 0 aromatic heterocycles. The highest BCUT2D eigenvalue weighted by Gasteiger charge is 2.63. The monoisotopic (exact) mass is 475 g/mol. The maximum absolute atomic E-state index is 13.1. The molecule has 10 nitrogen and oxygen atoms in total. The molecule has 0 aliphatic carbocycles. The quantitative estimate of drug-likeness (QED) is 0.415. The first-order chi connectivity index (χ1) is 16.1. The summed E-state index contributed by atoms with van der Waals surface area (Å²) in [5.74, 6) is -0.704. The van der Waals surface area contributed by atoms with Gasteiger partial charge in [-0.2, -0.15) is 13.2 Å². The van der Waals surface area contributed by atoms with E-state index in [1.165, 1.54) is 40.1 Å². The molecule has 34 heavy (non-hydrogen) atoms. The van der Waals surface area contributed by atoms with Crippen molar-refractivity contribution >= 4 is 35.0 Å². The normalized spacial score (nSPS) is 23.5. The number of hydrogen-bond acceptors (Lipinski definition) is 5. The zero-order valence-electron chi connectivity index (χ0n) is 17.2. The molecule has 3 aliphatic rings. The van der Waals surface area contributed by atoms with Crippen molar-refractivity contribution in [1.82, 2.24) is 9.80 Å². The van der Waals surface area contributed by atoms with Crippen LogP contribution in [0.1, 0.15) is 12.0 Å². The number of nitro benzene ring substituents is 1. The number of nitrogens with zero attached hydrogens (tertiary/aromatic N) is 4. The topological polar surface area (TPSA) is 116 Å². The first-order valence-electron chi connectivity index (χ1n) is 10.2. The van der Waals surface area contributed by atoms with Crippen LogP contribution in [-0.4, -0.2) is 57.4 Å². The van der Waals surface area contributed by atoms with Gasteiger partial charge in [-0.3, -0.25) is 14.9 Å². The van der Waals surface area contributed by atoms with Crippen molar-refractivity contribution in [3.8, 4) is 0 Å². The van der Waals surface area contributed by atoms with Crippen LogP contribution in [0.15, 0.2) is 48.5 Å². The fourth-order valence-corrected chi connectivity index (χ4v) is 4.84. The number of hydrogen-bond donors (Lipinski definition) is 1. The van der Waals surface area contributed by atoms with Gasteiger partial charge in [0.05, 0.1) is 28.3 Å². The lowest BCUT2D eigenvalue weighted by atomic mass is 10.1. The van der Waals surface area contributed by atoms with E-state index >= 15 is 0 Å². The number of rotatable bonds is 3. The number of benzene rings is 2. The van der Waals surface area contributed by atoms with Gasteiger partial charge in [-0.05, 0) is 30.7 Å². The van der Waals surface area contributed by atoms with Crippen LogP contribution < -0.4 is 10.2 Å². The molecule has 5 amide bonds. The van der Waals surface area contributed by atoms with Gasteiger partial charge in [0, 0.05) is 24.4 Å². The molecule has 3 saturated heterocycles. The van der Waals surface area contributed by atoms with Crippen LogP contribution >= 0.6 is 0 Å². The number of halogens is 3. The summed E-state index contributed by atoms with van der Waals surface area (Å²) in [4.78, 5) is 52.8. The smallest absolute Gasteiger partial charge is 0.317 e. The average Bonchev–Trinajstić information content (AvgIpc) is 3.45. The standard InChI is InChI=1S/C21H16F3N5O5/c22-21(23,24)11-3-1-5-13(7-11)28-18(30)17-16-9-15(27(17)20(28)32)10-26(16)19(31)25-12-4-2-6-14(8-12)29(33)34/h1-8,15-17H,9-10H2,(H,25,31)/t15-,16-,17+/m0/s1. The highest BCUT2D eigenvalue weighted by molar-refractivity contribution is 6.22. The third-order valence-electron chi connectivity index (χ3n) is 6.27. The Hall–Kier alpha value is -4.16. The summed E-state index contributed by atoms with van der Waals surface area (Å²) in [5.41, 5.74) is -1.19. The number of nitrogens with one attached hydrogen (secondary N) is 1. The zero-order chi connectivity index (χ0) is 24.4. The number of fused-ring (bicyclic) bond motifs is 5. The Morgan fingerprint density at radius 1 is 1.12 bits per heavy atom. The first kappa shape index (κ1) is 21.7. The fourth-order valence-electron chi connectivity index (χ4n) is 4.84. The average molecular weight is 475 g/mol. The van der Waals surface area contributed by atoms with Crippen LogP contribution in [0.3, 0.4) is 0 Å². The minimum atomic E-state index is -4.64. The molecule has 0 radical (unpaired) electrons. The lowest BCUT2D eigenvalue weighted by Gasteiger charge is -2.34. The summed E-state index contributed by atoms with van der Waals surface area (Å²) in [6.45, 7) is 0.122. The Morgan fingerprint density at radius 3 is 2.56 bits per heavy atom. The van der Waals surface area contributed by atoms with Gasteiger partial charge in [0.1, 0.15) is 6.04 Å². The maximum atomic E-state index is 13.1. The Labute approximate surface area is 189 Å². The molecule has 3 heterocycles. The molecule has 0 spiro atoms. The van der Waals surface area contributed by atoms with Crippen molar-refractivity contribution < 1.29 is 32.5 Å². The number of carbonyl (C=O) groups is 3. The maximum Gasteiger partial charge on any atom is 0.416 e. The van der Waals surface area contributed by atoms with Gasteiger partial charge in [-0.15, -0.1) is 0 Å². The highest BCUT2D eigenvalue weighted by Crippen LogP contribution is 2.43. The Bertz CT molecular complexity index is 1240. The third kappa shape index (κ3) is 3.31. The van der Waals surface area contributed by atoms with Gasteiger partial charge in [0.15, 0.2) is 0 Å². The van der Waals surface area contributed by atoms with Crippen molar-refractivity contribution in [2.24, 2.45) is 0 Å². The number of nitro groups is 1. The number of non-ortho nitro benzene ring substituents is 1. The van der Waals surface area contributed by atoms with E-state index < -0.39 is 52.8 Å². The number of anilines is 2. The van der Waals surface area contributed by atoms with E-state index in [0.29, 0.717) is 6.42 Å². The minimum absolute atomic E-state index is 0.122. The predicted octanol–water partition coefficient (Wildman–Crippen LogP) is 3.44. The molecule has 5 rings (SSSR count). The summed E-state index contributed by atoms with van der Waals surface area (Å²) in [6.07, 6.45) is -4.29. The van der Waals surface area contributed by atoms with E-state index in [1.54, 1.807) is 0 Å². The summed E-state index contributed by atoms with van der Waals surface area (Å²) in [5, 5.41) is 13.5. The number of piperazine rings is 1. The van der Waals surface area contributed by atoms with Gasteiger partial charge in [0.2, 0.25) is 0 Å². The van der Waals surface area contributed by atoms with Gasteiger partial charge in [0.25, 0.3) is 11.6 Å². The number of alkyl halides is 3. The first-order valence-corrected chi connectivity index (χ1v) is 10.2. The summed E-state index contributed by atoms with van der Waals surface area (Å²) in [6, 6.07) is 5.85. The minimum Gasteiger partial charge on any atom is -0.317 e. The van der Waals surface area contributed by atoms with Crippen molar-refractivity contribution in [1.29, 1.82) is 0 Å². The van der Waals surface area contributed by atoms with E-state index in [9.17, 15) is 37.7 Å².